The molecule has 1 atom stereocenters. The molecule has 0 radical (unpaired) electrons. The monoisotopic (exact) mass is 384 g/mol. The SMILES string of the molecule is CN1CCC(N2CCN(C3CN(C4CCCCC4)S(=O)(=O)C3)CC2)CC1. The van der Waals surface area contributed by atoms with Crippen LogP contribution in [0.25, 0.3) is 0 Å². The van der Waals surface area contributed by atoms with Gasteiger partial charge in [0.15, 0.2) is 0 Å². The molecule has 7 heteroatoms. The Kier molecular flexibility index (Phi) is 5.91. The first-order valence-electron chi connectivity index (χ1n) is 10.7. The van der Waals surface area contributed by atoms with Crippen LogP contribution in [0.4, 0.5) is 0 Å². The minimum absolute atomic E-state index is 0.210. The molecule has 0 N–H and O–H groups in total. The van der Waals surface area contributed by atoms with Crippen LogP contribution in [0.2, 0.25) is 0 Å². The number of piperidine rings is 1. The molecule has 1 saturated carbocycles. The normalized spacial score (nSPS) is 34.4. The molecular weight excluding hydrogens is 348 g/mol. The fourth-order valence-electron chi connectivity index (χ4n) is 5.51. The summed E-state index contributed by atoms with van der Waals surface area (Å²) in [5, 5.41) is 0. The van der Waals surface area contributed by atoms with Gasteiger partial charge in [-0.25, -0.2) is 8.42 Å². The number of piperazine rings is 1. The molecular formula is C19H36N4O2S. The number of sulfonamides is 1. The molecule has 4 fully saturated rings. The number of likely N-dealkylation sites (tertiary alicyclic amines) is 1. The summed E-state index contributed by atoms with van der Waals surface area (Å²) in [6.45, 7) is 7.43. The molecule has 0 bridgehead atoms. The molecule has 3 aliphatic heterocycles. The first-order valence-corrected chi connectivity index (χ1v) is 12.3. The summed E-state index contributed by atoms with van der Waals surface area (Å²) in [6.07, 6.45) is 8.35. The van der Waals surface area contributed by atoms with Crippen molar-refractivity contribution in [2.24, 2.45) is 0 Å². The molecule has 26 heavy (non-hydrogen) atoms. The van der Waals surface area contributed by atoms with Crippen molar-refractivity contribution >= 4 is 10.0 Å². The molecule has 3 heterocycles. The van der Waals surface area contributed by atoms with E-state index < -0.39 is 10.0 Å². The second-order valence-corrected chi connectivity index (χ2v) is 10.9. The van der Waals surface area contributed by atoms with E-state index in [0.717, 1.165) is 51.6 Å². The van der Waals surface area contributed by atoms with Crippen LogP contribution in [0.5, 0.6) is 0 Å². The van der Waals surface area contributed by atoms with Gasteiger partial charge in [-0.2, -0.15) is 4.31 Å². The average molecular weight is 385 g/mol. The Morgan fingerprint density at radius 1 is 0.692 bits per heavy atom. The topological polar surface area (TPSA) is 47.1 Å². The van der Waals surface area contributed by atoms with E-state index in [1.807, 2.05) is 4.31 Å². The van der Waals surface area contributed by atoms with Crippen molar-refractivity contribution in [3.05, 3.63) is 0 Å². The van der Waals surface area contributed by atoms with E-state index in [9.17, 15) is 8.42 Å². The van der Waals surface area contributed by atoms with Crippen molar-refractivity contribution < 1.29 is 8.42 Å². The zero-order valence-corrected chi connectivity index (χ0v) is 17.2. The predicted molar refractivity (Wildman–Crippen MR) is 105 cm³/mol. The lowest BCUT2D eigenvalue weighted by Gasteiger charge is -2.43. The van der Waals surface area contributed by atoms with Gasteiger partial charge in [0.1, 0.15) is 0 Å². The molecule has 0 amide bonds. The minimum Gasteiger partial charge on any atom is -0.306 e. The molecule has 6 nitrogen and oxygen atoms in total. The molecule has 4 aliphatic rings. The van der Waals surface area contributed by atoms with Crippen LogP contribution in [-0.4, -0.2) is 104 Å². The molecule has 0 spiro atoms. The second-order valence-electron chi connectivity index (χ2n) is 8.90. The number of hydrogen-bond donors (Lipinski definition) is 0. The van der Waals surface area contributed by atoms with Crippen molar-refractivity contribution in [2.75, 3.05) is 58.6 Å². The third kappa shape index (κ3) is 4.12. The summed E-state index contributed by atoms with van der Waals surface area (Å²) in [4.78, 5) is 7.55. The van der Waals surface area contributed by atoms with Crippen LogP contribution in [0.15, 0.2) is 0 Å². The van der Waals surface area contributed by atoms with E-state index in [-0.39, 0.29) is 12.1 Å². The van der Waals surface area contributed by atoms with Gasteiger partial charge in [0.05, 0.1) is 5.75 Å². The molecule has 1 unspecified atom stereocenters. The lowest BCUT2D eigenvalue weighted by atomic mass is 9.95. The Morgan fingerprint density at radius 3 is 1.88 bits per heavy atom. The Balaban J connectivity index is 1.30. The first-order chi connectivity index (χ1) is 12.5. The Morgan fingerprint density at radius 2 is 1.27 bits per heavy atom. The van der Waals surface area contributed by atoms with Gasteiger partial charge in [-0.3, -0.25) is 9.80 Å². The summed E-state index contributed by atoms with van der Waals surface area (Å²) in [7, 11) is -0.838. The Labute approximate surface area is 159 Å². The zero-order valence-electron chi connectivity index (χ0n) is 16.4. The standard InChI is InChI=1S/C19H36N4O2S/c1-20-9-7-17(8-10-20)21-11-13-22(14-12-21)19-15-23(26(24,25)16-19)18-5-3-2-4-6-18/h17-19H,2-16H2,1H3. The molecule has 150 valence electrons. The fraction of sp³-hybridized carbons (Fsp3) is 1.00. The summed E-state index contributed by atoms with van der Waals surface area (Å²) >= 11 is 0. The third-order valence-corrected chi connectivity index (χ3v) is 9.17. The van der Waals surface area contributed by atoms with E-state index in [1.54, 1.807) is 0 Å². The molecule has 3 saturated heterocycles. The van der Waals surface area contributed by atoms with Crippen molar-refractivity contribution in [1.82, 2.24) is 19.0 Å². The maximum Gasteiger partial charge on any atom is 0.216 e. The highest BCUT2D eigenvalue weighted by Gasteiger charge is 2.43. The van der Waals surface area contributed by atoms with Crippen LogP contribution >= 0.6 is 0 Å². The van der Waals surface area contributed by atoms with Gasteiger partial charge >= 0.3 is 0 Å². The van der Waals surface area contributed by atoms with Crippen LogP contribution in [-0.2, 0) is 10.0 Å². The van der Waals surface area contributed by atoms with Gasteiger partial charge in [0, 0.05) is 50.8 Å². The van der Waals surface area contributed by atoms with E-state index in [2.05, 4.69) is 21.7 Å². The highest BCUT2D eigenvalue weighted by molar-refractivity contribution is 7.89. The smallest absolute Gasteiger partial charge is 0.216 e. The number of rotatable bonds is 3. The number of hydrogen-bond acceptors (Lipinski definition) is 5. The van der Waals surface area contributed by atoms with Crippen molar-refractivity contribution in [2.45, 2.75) is 63.1 Å². The summed E-state index contributed by atoms with van der Waals surface area (Å²) < 4.78 is 27.4. The summed E-state index contributed by atoms with van der Waals surface area (Å²) in [6, 6.07) is 1.22. The Hall–Kier alpha value is -0.210. The van der Waals surface area contributed by atoms with Crippen molar-refractivity contribution in [3.8, 4) is 0 Å². The summed E-state index contributed by atoms with van der Waals surface area (Å²) in [5.41, 5.74) is 0. The van der Waals surface area contributed by atoms with E-state index in [4.69, 9.17) is 0 Å². The van der Waals surface area contributed by atoms with Crippen LogP contribution < -0.4 is 0 Å². The van der Waals surface area contributed by atoms with Gasteiger partial charge < -0.3 is 4.90 Å². The zero-order chi connectivity index (χ0) is 18.1. The number of nitrogens with zero attached hydrogens (tertiary/aromatic N) is 4. The van der Waals surface area contributed by atoms with Crippen LogP contribution in [0.3, 0.4) is 0 Å². The largest absolute Gasteiger partial charge is 0.306 e. The van der Waals surface area contributed by atoms with Crippen molar-refractivity contribution in [1.29, 1.82) is 0 Å². The third-order valence-electron chi connectivity index (χ3n) is 7.20. The maximum atomic E-state index is 12.7. The van der Waals surface area contributed by atoms with E-state index in [0.29, 0.717) is 5.75 Å². The minimum atomic E-state index is -3.05. The quantitative estimate of drug-likeness (QED) is 0.728. The highest BCUT2D eigenvalue weighted by atomic mass is 32.2. The maximum absolute atomic E-state index is 12.7. The van der Waals surface area contributed by atoms with E-state index >= 15 is 0 Å². The van der Waals surface area contributed by atoms with Gasteiger partial charge in [-0.1, -0.05) is 19.3 Å². The van der Waals surface area contributed by atoms with Gasteiger partial charge in [0.2, 0.25) is 10.0 Å². The lowest BCUT2D eigenvalue weighted by molar-refractivity contribution is 0.0481. The second kappa shape index (κ2) is 8.03. The van der Waals surface area contributed by atoms with E-state index in [1.165, 1.54) is 45.2 Å². The first kappa shape index (κ1) is 19.1. The van der Waals surface area contributed by atoms with Crippen LogP contribution in [0.1, 0.15) is 44.9 Å². The fourth-order valence-corrected chi connectivity index (χ4v) is 7.56. The Bertz CT molecular complexity index is 562. The summed E-state index contributed by atoms with van der Waals surface area (Å²) in [5.74, 6) is 0.345. The molecule has 0 aromatic heterocycles. The van der Waals surface area contributed by atoms with Crippen molar-refractivity contribution in [3.63, 3.8) is 0 Å². The molecule has 0 aromatic carbocycles. The van der Waals surface area contributed by atoms with Gasteiger partial charge in [0.25, 0.3) is 0 Å². The van der Waals surface area contributed by atoms with Gasteiger partial charge in [-0.05, 0) is 45.8 Å². The lowest BCUT2D eigenvalue weighted by Crippen LogP contribution is -2.55. The molecule has 0 aromatic rings. The van der Waals surface area contributed by atoms with Crippen LogP contribution in [0, 0.1) is 0 Å². The predicted octanol–water partition coefficient (Wildman–Crippen LogP) is 1.04. The molecule has 4 rings (SSSR count). The van der Waals surface area contributed by atoms with Gasteiger partial charge in [-0.15, -0.1) is 0 Å². The average Bonchev–Trinajstić information content (AvgIpc) is 2.98. The molecule has 1 aliphatic carbocycles. The highest BCUT2D eigenvalue weighted by Crippen LogP contribution is 2.30.